The summed E-state index contributed by atoms with van der Waals surface area (Å²) in [5.74, 6) is 0.351. The van der Waals surface area contributed by atoms with Crippen molar-refractivity contribution in [2.24, 2.45) is 0 Å². The van der Waals surface area contributed by atoms with E-state index in [0.717, 1.165) is 5.56 Å². The van der Waals surface area contributed by atoms with Crippen LogP contribution in [0.25, 0.3) is 16.7 Å². The summed E-state index contributed by atoms with van der Waals surface area (Å²) < 4.78 is 16.5. The van der Waals surface area contributed by atoms with Crippen molar-refractivity contribution in [1.29, 1.82) is 0 Å². The number of aryl methyl sites for hydroxylation is 1. The second-order valence-corrected chi connectivity index (χ2v) is 8.28. The highest BCUT2D eigenvalue weighted by atomic mass is 35.5. The molecule has 0 bridgehead atoms. The van der Waals surface area contributed by atoms with Crippen LogP contribution in [0.15, 0.2) is 77.6 Å². The molecule has 5 aromatic rings. The van der Waals surface area contributed by atoms with Gasteiger partial charge in [0.25, 0.3) is 5.56 Å². The van der Waals surface area contributed by atoms with E-state index in [4.69, 9.17) is 11.6 Å². The largest absolute Gasteiger partial charge is 0.326 e. The number of hydrogen-bond donors (Lipinski definition) is 1. The van der Waals surface area contributed by atoms with Crippen molar-refractivity contribution in [3.8, 4) is 0 Å². The predicted molar refractivity (Wildman–Crippen MR) is 129 cm³/mol. The van der Waals surface area contributed by atoms with Crippen LogP contribution in [0.3, 0.4) is 0 Å². The van der Waals surface area contributed by atoms with E-state index in [-0.39, 0.29) is 23.7 Å². The summed E-state index contributed by atoms with van der Waals surface area (Å²) in [6.07, 6.45) is 0.445. The Hall–Kier alpha value is -4.04. The van der Waals surface area contributed by atoms with Gasteiger partial charge in [-0.05, 0) is 54.1 Å². The van der Waals surface area contributed by atoms with E-state index in [1.807, 2.05) is 34.7 Å². The maximum atomic E-state index is 13.3. The fourth-order valence-corrected chi connectivity index (χ4v) is 4.00. The third-order valence-corrected chi connectivity index (χ3v) is 5.78. The Balaban J connectivity index is 1.49. The minimum Gasteiger partial charge on any atom is -0.326 e. The molecule has 3 aromatic carbocycles. The smallest absolute Gasteiger partial charge is 0.263 e. The van der Waals surface area contributed by atoms with Gasteiger partial charge in [0, 0.05) is 23.6 Å². The number of para-hydroxylation sites is 1. The Morgan fingerprint density at radius 3 is 2.47 bits per heavy atom. The van der Waals surface area contributed by atoms with Gasteiger partial charge in [0.05, 0.1) is 17.4 Å². The van der Waals surface area contributed by atoms with E-state index in [9.17, 15) is 14.0 Å². The summed E-state index contributed by atoms with van der Waals surface area (Å²) in [4.78, 5) is 25.7. The molecule has 7 nitrogen and oxygen atoms in total. The predicted octanol–water partition coefficient (Wildman–Crippen LogP) is 4.46. The molecular formula is C25H19ClFN5O2. The van der Waals surface area contributed by atoms with Gasteiger partial charge >= 0.3 is 0 Å². The number of nitrogens with one attached hydrogen (secondary N) is 1. The van der Waals surface area contributed by atoms with Crippen LogP contribution in [0, 0.1) is 5.82 Å². The molecule has 0 saturated heterocycles. The number of aromatic nitrogens is 4. The summed E-state index contributed by atoms with van der Waals surface area (Å²) in [5.41, 5.74) is 1.91. The van der Waals surface area contributed by atoms with Crippen LogP contribution in [0.5, 0.6) is 0 Å². The molecule has 170 valence electrons. The highest BCUT2D eigenvalue weighted by Crippen LogP contribution is 2.18. The van der Waals surface area contributed by atoms with Gasteiger partial charge in [-0.1, -0.05) is 35.9 Å². The van der Waals surface area contributed by atoms with Crippen molar-refractivity contribution in [1.82, 2.24) is 19.2 Å². The van der Waals surface area contributed by atoms with Gasteiger partial charge in [0.15, 0.2) is 0 Å². The lowest BCUT2D eigenvalue weighted by Crippen LogP contribution is -2.24. The number of hydrogen-bond acceptors (Lipinski definition) is 4. The van der Waals surface area contributed by atoms with Crippen LogP contribution in [-0.2, 0) is 17.8 Å². The first-order valence-electron chi connectivity index (χ1n) is 10.6. The summed E-state index contributed by atoms with van der Waals surface area (Å²) in [7, 11) is 0. The minimum atomic E-state index is -0.371. The number of carbonyl (C=O) groups excluding carboxylic acids is 1. The van der Waals surface area contributed by atoms with Crippen LogP contribution < -0.4 is 10.9 Å². The standard InChI is InChI=1S/C25H19ClFN5O2/c26-17-7-5-16(6-8-17)15-31-24(34)20-3-1-2-4-21(20)32-22(29-30-25(31)32)13-14-23(33)28-19-11-9-18(27)10-12-19/h1-12H,13-15H2,(H,28,33). The van der Waals surface area contributed by atoms with Crippen LogP contribution in [0.1, 0.15) is 17.8 Å². The van der Waals surface area contributed by atoms with E-state index >= 15 is 0 Å². The zero-order chi connectivity index (χ0) is 23.7. The highest BCUT2D eigenvalue weighted by molar-refractivity contribution is 6.30. The second-order valence-electron chi connectivity index (χ2n) is 7.84. The fraction of sp³-hybridized carbons (Fsp3) is 0.120. The van der Waals surface area contributed by atoms with Crippen molar-refractivity contribution in [2.75, 3.05) is 5.32 Å². The van der Waals surface area contributed by atoms with E-state index in [1.165, 1.54) is 24.3 Å². The molecule has 0 aliphatic carbocycles. The first-order chi connectivity index (χ1) is 16.5. The number of amides is 1. The molecule has 1 amide bonds. The number of carbonyl (C=O) groups is 1. The van der Waals surface area contributed by atoms with E-state index < -0.39 is 0 Å². The zero-order valence-electron chi connectivity index (χ0n) is 17.9. The lowest BCUT2D eigenvalue weighted by atomic mass is 10.2. The molecule has 0 fully saturated rings. The van der Waals surface area contributed by atoms with E-state index in [2.05, 4.69) is 15.5 Å². The Labute approximate surface area is 198 Å². The summed E-state index contributed by atoms with van der Waals surface area (Å²) in [5, 5.41) is 12.5. The zero-order valence-corrected chi connectivity index (χ0v) is 18.7. The molecule has 2 heterocycles. The van der Waals surface area contributed by atoms with Gasteiger partial charge in [0.2, 0.25) is 11.7 Å². The lowest BCUT2D eigenvalue weighted by Gasteiger charge is -2.12. The first kappa shape index (κ1) is 21.8. The van der Waals surface area contributed by atoms with Crippen molar-refractivity contribution < 1.29 is 9.18 Å². The number of fused-ring (bicyclic) bond motifs is 3. The van der Waals surface area contributed by atoms with Crippen LogP contribution in [0.4, 0.5) is 10.1 Å². The molecule has 2 aromatic heterocycles. The topological polar surface area (TPSA) is 81.3 Å². The Morgan fingerprint density at radius 2 is 1.71 bits per heavy atom. The van der Waals surface area contributed by atoms with Gasteiger partial charge in [-0.15, -0.1) is 10.2 Å². The van der Waals surface area contributed by atoms with Gasteiger partial charge in [-0.3, -0.25) is 18.6 Å². The summed E-state index contributed by atoms with van der Waals surface area (Å²) >= 11 is 6.00. The lowest BCUT2D eigenvalue weighted by molar-refractivity contribution is -0.116. The number of benzene rings is 3. The quantitative estimate of drug-likeness (QED) is 0.393. The van der Waals surface area contributed by atoms with E-state index in [1.54, 1.807) is 22.8 Å². The average Bonchev–Trinajstić information content (AvgIpc) is 3.27. The number of anilines is 1. The normalized spacial score (nSPS) is 11.2. The number of halogens is 2. The van der Waals surface area contributed by atoms with Crippen molar-refractivity contribution >= 4 is 39.9 Å². The second kappa shape index (κ2) is 9.07. The number of rotatable bonds is 6. The Morgan fingerprint density at radius 1 is 0.971 bits per heavy atom. The van der Waals surface area contributed by atoms with Gasteiger partial charge < -0.3 is 5.32 Å². The molecule has 0 atom stereocenters. The molecular weight excluding hydrogens is 457 g/mol. The minimum absolute atomic E-state index is 0.142. The molecule has 0 spiro atoms. The van der Waals surface area contributed by atoms with Gasteiger partial charge in [0.1, 0.15) is 11.6 Å². The Bertz CT molecular complexity index is 1560. The van der Waals surface area contributed by atoms with Gasteiger partial charge in [-0.2, -0.15) is 0 Å². The Kier molecular flexibility index (Phi) is 5.81. The SMILES string of the molecule is O=C(CCc1nnc2n(Cc3ccc(Cl)cc3)c(=O)c3ccccc3n12)Nc1ccc(F)cc1. The van der Waals surface area contributed by atoms with E-state index in [0.29, 0.717) is 46.2 Å². The molecule has 0 unspecified atom stereocenters. The van der Waals surface area contributed by atoms with Crippen molar-refractivity contribution in [3.63, 3.8) is 0 Å². The molecule has 5 rings (SSSR count). The van der Waals surface area contributed by atoms with Crippen LogP contribution >= 0.6 is 11.6 Å². The molecule has 0 aliphatic heterocycles. The molecule has 1 N–H and O–H groups in total. The monoisotopic (exact) mass is 475 g/mol. The third kappa shape index (κ3) is 4.27. The average molecular weight is 476 g/mol. The maximum Gasteiger partial charge on any atom is 0.263 e. The maximum absolute atomic E-state index is 13.3. The molecule has 34 heavy (non-hydrogen) atoms. The molecule has 0 saturated carbocycles. The third-order valence-electron chi connectivity index (χ3n) is 5.53. The molecule has 9 heteroatoms. The van der Waals surface area contributed by atoms with Gasteiger partial charge in [-0.25, -0.2) is 4.39 Å². The first-order valence-corrected chi connectivity index (χ1v) is 11.0. The van der Waals surface area contributed by atoms with Crippen LogP contribution in [0.2, 0.25) is 5.02 Å². The highest BCUT2D eigenvalue weighted by Gasteiger charge is 2.17. The van der Waals surface area contributed by atoms with Crippen molar-refractivity contribution in [2.45, 2.75) is 19.4 Å². The fourth-order valence-electron chi connectivity index (χ4n) is 3.87. The number of nitrogens with zero attached hydrogens (tertiary/aromatic N) is 4. The summed E-state index contributed by atoms with van der Waals surface area (Å²) in [6, 6.07) is 20.1. The molecule has 0 radical (unpaired) electrons. The van der Waals surface area contributed by atoms with Crippen molar-refractivity contribution in [3.05, 3.63) is 105 Å². The molecule has 0 aliphatic rings. The van der Waals surface area contributed by atoms with Crippen LogP contribution in [-0.4, -0.2) is 25.1 Å². The summed E-state index contributed by atoms with van der Waals surface area (Å²) in [6.45, 7) is 0.299.